The van der Waals surface area contributed by atoms with Crippen molar-refractivity contribution in [2.45, 2.75) is 38.6 Å². The zero-order valence-corrected chi connectivity index (χ0v) is 15.8. The number of aryl methyl sites for hydroxylation is 1. The minimum Gasteiger partial charge on any atom is -0.363 e. The molecule has 136 valence electrons. The van der Waals surface area contributed by atoms with Gasteiger partial charge in [0, 0.05) is 23.5 Å². The molecule has 3 aromatic heterocycles. The standard InChI is InChI=1S/C15H17N7O2S2/c1-10-17-13(26-19-10)20-3-2-15(7-20)8-21-12(5-24-15)18-22(14(21)23)4-11-6-25-9-16-11/h6,9H,2-5,7-8H2,1H3. The number of ether oxygens (including phenoxy) is 1. The van der Waals surface area contributed by atoms with Crippen LogP contribution in [0.15, 0.2) is 15.7 Å². The van der Waals surface area contributed by atoms with Crippen molar-refractivity contribution >= 4 is 28.0 Å². The topological polar surface area (TPSA) is 91.0 Å². The van der Waals surface area contributed by atoms with Crippen LogP contribution in [0.4, 0.5) is 5.13 Å². The Morgan fingerprint density at radius 3 is 3.08 bits per heavy atom. The summed E-state index contributed by atoms with van der Waals surface area (Å²) in [5.41, 5.74) is 2.14. The molecule has 5 rings (SSSR count). The van der Waals surface area contributed by atoms with Gasteiger partial charge in [-0.1, -0.05) is 0 Å². The van der Waals surface area contributed by atoms with Gasteiger partial charge in [0.25, 0.3) is 0 Å². The van der Waals surface area contributed by atoms with Crippen LogP contribution in [0.25, 0.3) is 0 Å². The van der Waals surface area contributed by atoms with Crippen molar-refractivity contribution in [3.8, 4) is 0 Å². The fourth-order valence-corrected chi connectivity index (χ4v) is 4.79. The maximum absolute atomic E-state index is 12.8. The lowest BCUT2D eigenvalue weighted by Gasteiger charge is -2.33. The minimum atomic E-state index is -0.370. The van der Waals surface area contributed by atoms with Crippen molar-refractivity contribution in [2.24, 2.45) is 0 Å². The van der Waals surface area contributed by atoms with Gasteiger partial charge in [0.05, 0.1) is 30.8 Å². The largest absolute Gasteiger partial charge is 0.363 e. The molecule has 0 aromatic carbocycles. The summed E-state index contributed by atoms with van der Waals surface area (Å²) >= 11 is 2.92. The van der Waals surface area contributed by atoms with Crippen LogP contribution in [0.2, 0.25) is 0 Å². The number of thiazole rings is 1. The molecule has 0 N–H and O–H groups in total. The van der Waals surface area contributed by atoms with Crippen LogP contribution in [0, 0.1) is 6.92 Å². The van der Waals surface area contributed by atoms with Crippen molar-refractivity contribution in [1.29, 1.82) is 0 Å². The number of hydrogen-bond donors (Lipinski definition) is 0. The van der Waals surface area contributed by atoms with E-state index in [0.717, 1.165) is 29.6 Å². The van der Waals surface area contributed by atoms with Crippen LogP contribution in [0.3, 0.4) is 0 Å². The van der Waals surface area contributed by atoms with E-state index in [2.05, 4.69) is 24.3 Å². The van der Waals surface area contributed by atoms with Crippen LogP contribution < -0.4 is 10.6 Å². The lowest BCUT2D eigenvalue weighted by Crippen LogP contribution is -2.46. The Kier molecular flexibility index (Phi) is 3.69. The number of rotatable bonds is 3. The summed E-state index contributed by atoms with van der Waals surface area (Å²) in [5.74, 6) is 1.47. The molecular weight excluding hydrogens is 374 g/mol. The van der Waals surface area contributed by atoms with Crippen LogP contribution in [-0.4, -0.2) is 47.4 Å². The summed E-state index contributed by atoms with van der Waals surface area (Å²) in [4.78, 5) is 23.7. The van der Waals surface area contributed by atoms with Crippen molar-refractivity contribution in [2.75, 3.05) is 18.0 Å². The Labute approximate surface area is 157 Å². The van der Waals surface area contributed by atoms with E-state index in [4.69, 9.17) is 4.74 Å². The molecular formula is C15H17N7O2S2. The minimum absolute atomic E-state index is 0.0964. The zero-order chi connectivity index (χ0) is 17.7. The first-order valence-corrected chi connectivity index (χ1v) is 10.1. The van der Waals surface area contributed by atoms with E-state index < -0.39 is 0 Å². The molecule has 3 aromatic rings. The average Bonchev–Trinajstić information content (AvgIpc) is 3.40. The molecule has 0 aliphatic carbocycles. The molecule has 0 amide bonds. The normalized spacial score (nSPS) is 22.3. The van der Waals surface area contributed by atoms with E-state index in [-0.39, 0.29) is 11.3 Å². The molecule has 0 saturated carbocycles. The smallest absolute Gasteiger partial charge is 0.346 e. The van der Waals surface area contributed by atoms with E-state index in [9.17, 15) is 4.79 Å². The van der Waals surface area contributed by atoms with Gasteiger partial charge in [-0.2, -0.15) is 9.47 Å². The third-order valence-corrected chi connectivity index (χ3v) is 6.36. The highest BCUT2D eigenvalue weighted by Gasteiger charge is 2.44. The molecule has 1 saturated heterocycles. The molecule has 11 heteroatoms. The lowest BCUT2D eigenvalue weighted by atomic mass is 10.0. The van der Waals surface area contributed by atoms with Gasteiger partial charge in [0.1, 0.15) is 18.0 Å². The van der Waals surface area contributed by atoms with Gasteiger partial charge in [0.2, 0.25) is 5.13 Å². The SMILES string of the molecule is Cc1nsc(N2CCC3(C2)Cn2c(nn(Cc4cscn4)c2=O)CO3)n1. The van der Waals surface area contributed by atoms with Crippen molar-refractivity contribution < 1.29 is 4.74 Å². The summed E-state index contributed by atoms with van der Waals surface area (Å²) in [7, 11) is 0. The van der Waals surface area contributed by atoms with E-state index in [0.29, 0.717) is 32.1 Å². The van der Waals surface area contributed by atoms with Gasteiger partial charge < -0.3 is 9.64 Å². The second kappa shape index (κ2) is 5.96. The average molecular weight is 391 g/mol. The molecule has 1 atom stereocenters. The van der Waals surface area contributed by atoms with E-state index >= 15 is 0 Å². The number of hydrogen-bond acceptors (Lipinski definition) is 9. The Bertz CT molecular complexity index is 992. The number of fused-ring (bicyclic) bond motifs is 1. The predicted molar refractivity (Wildman–Crippen MR) is 96.7 cm³/mol. The summed E-state index contributed by atoms with van der Waals surface area (Å²) in [5, 5.41) is 7.28. The Morgan fingerprint density at radius 1 is 1.38 bits per heavy atom. The molecule has 0 bridgehead atoms. The van der Waals surface area contributed by atoms with E-state index in [1.807, 2.05) is 12.3 Å². The second-order valence-corrected chi connectivity index (χ2v) is 8.14. The number of nitrogens with zero attached hydrogens (tertiary/aromatic N) is 7. The van der Waals surface area contributed by atoms with Crippen LogP contribution in [0.5, 0.6) is 0 Å². The summed E-state index contributed by atoms with van der Waals surface area (Å²) in [6.45, 7) is 4.72. The first-order valence-electron chi connectivity index (χ1n) is 8.35. The number of aromatic nitrogens is 6. The third-order valence-electron chi connectivity index (χ3n) is 4.85. The molecule has 1 fully saturated rings. The summed E-state index contributed by atoms with van der Waals surface area (Å²) in [6.07, 6.45) is 0.856. The van der Waals surface area contributed by atoms with Crippen molar-refractivity contribution in [1.82, 2.24) is 28.7 Å². The lowest BCUT2D eigenvalue weighted by molar-refractivity contribution is -0.0759. The van der Waals surface area contributed by atoms with Gasteiger partial charge in [-0.05, 0) is 13.3 Å². The molecule has 26 heavy (non-hydrogen) atoms. The van der Waals surface area contributed by atoms with Gasteiger partial charge in [0.15, 0.2) is 5.82 Å². The summed E-state index contributed by atoms with van der Waals surface area (Å²) < 4.78 is 13.7. The first kappa shape index (κ1) is 16.1. The molecule has 2 aliphatic rings. The van der Waals surface area contributed by atoms with E-state index in [1.54, 1.807) is 10.1 Å². The Balaban J connectivity index is 1.38. The molecule has 9 nitrogen and oxygen atoms in total. The zero-order valence-electron chi connectivity index (χ0n) is 14.2. The van der Waals surface area contributed by atoms with Gasteiger partial charge >= 0.3 is 5.69 Å². The monoisotopic (exact) mass is 391 g/mol. The number of anilines is 1. The van der Waals surface area contributed by atoms with Crippen LogP contribution in [0.1, 0.15) is 23.8 Å². The van der Waals surface area contributed by atoms with Gasteiger partial charge in [-0.25, -0.2) is 19.4 Å². The highest BCUT2D eigenvalue weighted by Crippen LogP contribution is 2.34. The quantitative estimate of drug-likeness (QED) is 0.655. The Hall–Kier alpha value is -2.11. The Morgan fingerprint density at radius 2 is 2.31 bits per heavy atom. The molecule has 0 radical (unpaired) electrons. The predicted octanol–water partition coefficient (Wildman–Crippen LogP) is 0.889. The summed E-state index contributed by atoms with van der Waals surface area (Å²) in [6, 6.07) is 0. The molecule has 2 aliphatic heterocycles. The maximum Gasteiger partial charge on any atom is 0.346 e. The molecule has 5 heterocycles. The highest BCUT2D eigenvalue weighted by atomic mass is 32.1. The van der Waals surface area contributed by atoms with Crippen LogP contribution >= 0.6 is 22.9 Å². The van der Waals surface area contributed by atoms with Gasteiger partial charge in [-0.3, -0.25) is 4.57 Å². The second-order valence-electron chi connectivity index (χ2n) is 6.69. The first-order chi connectivity index (χ1) is 12.6. The highest BCUT2D eigenvalue weighted by molar-refractivity contribution is 7.09. The molecule has 1 unspecified atom stereocenters. The van der Waals surface area contributed by atoms with Crippen LogP contribution in [-0.2, 0) is 24.4 Å². The van der Waals surface area contributed by atoms with Gasteiger partial charge in [-0.15, -0.1) is 11.3 Å². The maximum atomic E-state index is 12.8. The fourth-order valence-electron chi connectivity index (χ4n) is 3.54. The fraction of sp³-hybridized carbons (Fsp3) is 0.533. The molecule has 1 spiro atoms. The van der Waals surface area contributed by atoms with Crippen molar-refractivity contribution in [3.05, 3.63) is 38.7 Å². The third kappa shape index (κ3) is 2.66. The van der Waals surface area contributed by atoms with Crippen molar-refractivity contribution in [3.63, 3.8) is 0 Å². The van der Waals surface area contributed by atoms with E-state index in [1.165, 1.54) is 27.6 Å².